The summed E-state index contributed by atoms with van der Waals surface area (Å²) in [6.07, 6.45) is 4.68. The number of methoxy groups -OCH3 is 1. The number of H-pyrrole nitrogens is 1. The number of carbonyl (C=O) groups excluding carboxylic acids is 1. The zero-order valence-electron chi connectivity index (χ0n) is 19.3. The van der Waals surface area contributed by atoms with Gasteiger partial charge in [0.15, 0.2) is 5.82 Å². The second kappa shape index (κ2) is 9.39. The topological polar surface area (TPSA) is 126 Å². The summed E-state index contributed by atoms with van der Waals surface area (Å²) in [5, 5.41) is 3.39. The number of sulfonamides is 1. The lowest BCUT2D eigenvalue weighted by atomic mass is 10.0. The Morgan fingerprint density at radius 2 is 1.92 bits per heavy atom. The van der Waals surface area contributed by atoms with Gasteiger partial charge in [0, 0.05) is 18.8 Å². The van der Waals surface area contributed by atoms with Gasteiger partial charge in [0.05, 0.1) is 29.3 Å². The zero-order chi connectivity index (χ0) is 26.3. The molecule has 2 aromatic carbocycles. The zero-order valence-corrected chi connectivity index (χ0v) is 20.1. The Morgan fingerprint density at radius 3 is 2.62 bits per heavy atom. The van der Waals surface area contributed by atoms with E-state index in [0.29, 0.717) is 18.3 Å². The number of aromatic nitrogens is 3. The molecule has 0 radical (unpaired) electrons. The number of aromatic amines is 1. The molecule has 0 aliphatic heterocycles. The third-order valence-corrected chi connectivity index (χ3v) is 7.36. The average Bonchev–Trinajstić information content (AvgIpc) is 3.60. The number of carbonyl (C=O) groups is 1. The Labute approximate surface area is 209 Å². The van der Waals surface area contributed by atoms with Gasteiger partial charge < -0.3 is 15.0 Å². The largest absolute Gasteiger partial charge is 0.497 e. The van der Waals surface area contributed by atoms with Crippen molar-refractivity contribution in [3.05, 3.63) is 71.4 Å². The molecule has 0 saturated heterocycles. The van der Waals surface area contributed by atoms with Crippen LogP contribution in [0, 0.1) is 23.4 Å². The highest BCUT2D eigenvalue weighted by atomic mass is 32.2. The molecular weight excluding hydrogens is 511 g/mol. The van der Waals surface area contributed by atoms with E-state index in [-0.39, 0.29) is 22.3 Å². The minimum atomic E-state index is -4.64. The molecule has 0 bridgehead atoms. The number of ketones is 1. The molecule has 3 N–H and O–H groups in total. The minimum Gasteiger partial charge on any atom is -0.497 e. The van der Waals surface area contributed by atoms with Crippen LogP contribution in [0.1, 0.15) is 28.8 Å². The van der Waals surface area contributed by atoms with Crippen LogP contribution in [0.5, 0.6) is 5.75 Å². The lowest BCUT2D eigenvalue weighted by molar-refractivity contribution is 0.103. The van der Waals surface area contributed by atoms with Crippen molar-refractivity contribution >= 4 is 38.3 Å². The van der Waals surface area contributed by atoms with Crippen LogP contribution < -0.4 is 14.8 Å². The van der Waals surface area contributed by atoms with Crippen LogP contribution in [0.3, 0.4) is 0 Å². The van der Waals surface area contributed by atoms with Gasteiger partial charge in [-0.1, -0.05) is 0 Å². The summed E-state index contributed by atoms with van der Waals surface area (Å²) in [7, 11) is -3.36. The predicted molar refractivity (Wildman–Crippen MR) is 129 cm³/mol. The van der Waals surface area contributed by atoms with E-state index in [1.54, 1.807) is 0 Å². The molecule has 192 valence electrons. The lowest BCUT2D eigenvalue weighted by Crippen LogP contribution is -2.17. The summed E-state index contributed by atoms with van der Waals surface area (Å²) in [6.45, 7) is 0.618. The van der Waals surface area contributed by atoms with E-state index in [1.807, 2.05) is 4.72 Å². The van der Waals surface area contributed by atoms with Gasteiger partial charge in [0.25, 0.3) is 10.0 Å². The molecule has 13 heteroatoms. The highest BCUT2D eigenvalue weighted by molar-refractivity contribution is 7.92. The van der Waals surface area contributed by atoms with E-state index in [4.69, 9.17) is 4.74 Å². The Hall–Kier alpha value is -4.13. The summed E-state index contributed by atoms with van der Waals surface area (Å²) in [5.74, 6) is -3.97. The van der Waals surface area contributed by atoms with E-state index < -0.39 is 49.4 Å². The first-order valence-corrected chi connectivity index (χ1v) is 12.6. The van der Waals surface area contributed by atoms with Crippen LogP contribution in [0.4, 0.5) is 24.7 Å². The number of anilines is 2. The molecule has 0 amide bonds. The van der Waals surface area contributed by atoms with E-state index in [0.717, 1.165) is 37.1 Å². The van der Waals surface area contributed by atoms with Gasteiger partial charge in [-0.05, 0) is 43.0 Å². The Balaban J connectivity index is 1.51. The first kappa shape index (κ1) is 24.6. The fourth-order valence-electron chi connectivity index (χ4n) is 3.84. The van der Waals surface area contributed by atoms with Gasteiger partial charge in [0.2, 0.25) is 5.78 Å². The number of fused-ring (bicyclic) bond motifs is 1. The molecule has 0 spiro atoms. The maximum atomic E-state index is 15.4. The summed E-state index contributed by atoms with van der Waals surface area (Å²) < 4.78 is 76.8. The second-order valence-electron chi connectivity index (χ2n) is 8.49. The van der Waals surface area contributed by atoms with Gasteiger partial charge in [0.1, 0.15) is 40.1 Å². The number of halogens is 3. The summed E-state index contributed by atoms with van der Waals surface area (Å²) in [6, 6.07) is 4.55. The molecule has 37 heavy (non-hydrogen) atoms. The average molecular weight is 532 g/mol. The molecule has 1 saturated carbocycles. The lowest BCUT2D eigenvalue weighted by Gasteiger charge is -2.13. The molecule has 1 aliphatic carbocycles. The molecule has 5 rings (SSSR count). The number of rotatable bonds is 9. The number of nitrogens with zero attached hydrogens (tertiary/aromatic N) is 2. The third-order valence-electron chi connectivity index (χ3n) is 5.96. The van der Waals surface area contributed by atoms with Crippen LogP contribution in [0.25, 0.3) is 11.0 Å². The third kappa shape index (κ3) is 4.69. The van der Waals surface area contributed by atoms with Crippen molar-refractivity contribution in [3.63, 3.8) is 0 Å². The van der Waals surface area contributed by atoms with Crippen molar-refractivity contribution in [2.45, 2.75) is 17.7 Å². The number of benzene rings is 2. The van der Waals surface area contributed by atoms with Crippen molar-refractivity contribution in [3.8, 4) is 5.75 Å². The van der Waals surface area contributed by atoms with Gasteiger partial charge in [-0.15, -0.1) is 0 Å². The molecular formula is C24H20F3N5O4S. The van der Waals surface area contributed by atoms with Gasteiger partial charge in [-0.2, -0.15) is 0 Å². The van der Waals surface area contributed by atoms with Crippen LogP contribution in [-0.2, 0) is 10.0 Å². The monoisotopic (exact) mass is 531 g/mol. The number of ether oxygens (including phenoxy) is 1. The van der Waals surface area contributed by atoms with E-state index in [1.165, 1.54) is 25.7 Å². The van der Waals surface area contributed by atoms with Crippen LogP contribution in [0.15, 0.2) is 47.8 Å². The van der Waals surface area contributed by atoms with Crippen molar-refractivity contribution < 1.29 is 31.1 Å². The molecule has 4 aromatic rings. The predicted octanol–water partition coefficient (Wildman–Crippen LogP) is 4.24. The molecule has 0 atom stereocenters. The summed E-state index contributed by atoms with van der Waals surface area (Å²) >= 11 is 0. The number of nitrogens with one attached hydrogen (secondary N) is 3. The SMILES string of the molecule is COc1ccc(S(=O)(=O)Nc2ccc(F)c(C(=O)c3c[nH]c4ncnc(NCC5CC5)c34)c2F)c(F)c1. The van der Waals surface area contributed by atoms with Crippen LogP contribution in [0.2, 0.25) is 0 Å². The Bertz CT molecular complexity index is 1640. The minimum absolute atomic E-state index is 0.0750. The maximum absolute atomic E-state index is 15.4. The van der Waals surface area contributed by atoms with Crippen LogP contribution >= 0.6 is 0 Å². The van der Waals surface area contributed by atoms with E-state index in [9.17, 15) is 22.0 Å². The standard InChI is InChI=1S/C24H20F3N5O4S/c1-36-13-4-7-18(16(26)8-13)37(34,35)32-17-6-5-15(25)20(21(17)27)22(33)14-10-29-24-19(14)23(30-11-31-24)28-9-12-2-3-12/h4-8,10-12,32H,2-3,9H2,1H3,(H2,28,29,30,31). The maximum Gasteiger partial charge on any atom is 0.264 e. The summed E-state index contributed by atoms with van der Waals surface area (Å²) in [4.78, 5) is 23.6. The Morgan fingerprint density at radius 1 is 1.14 bits per heavy atom. The summed E-state index contributed by atoms with van der Waals surface area (Å²) in [5.41, 5.74) is -1.55. The van der Waals surface area contributed by atoms with Gasteiger partial charge in [-0.3, -0.25) is 9.52 Å². The Kier molecular flexibility index (Phi) is 6.23. The van der Waals surface area contributed by atoms with Gasteiger partial charge in [-0.25, -0.2) is 31.6 Å². The number of hydrogen-bond donors (Lipinski definition) is 3. The first-order chi connectivity index (χ1) is 17.7. The molecule has 0 unspecified atom stereocenters. The second-order valence-corrected chi connectivity index (χ2v) is 10.1. The molecule has 1 fully saturated rings. The quantitative estimate of drug-likeness (QED) is 0.276. The van der Waals surface area contributed by atoms with Crippen molar-refractivity contribution in [2.24, 2.45) is 5.92 Å². The normalized spacial score (nSPS) is 13.5. The fraction of sp³-hybridized carbons (Fsp3) is 0.208. The highest BCUT2D eigenvalue weighted by Crippen LogP contribution is 2.33. The van der Waals surface area contributed by atoms with E-state index in [2.05, 4.69) is 20.3 Å². The molecule has 2 heterocycles. The van der Waals surface area contributed by atoms with Crippen molar-refractivity contribution in [1.82, 2.24) is 15.0 Å². The molecule has 9 nitrogen and oxygen atoms in total. The molecule has 2 aromatic heterocycles. The number of hydrogen-bond acceptors (Lipinski definition) is 7. The van der Waals surface area contributed by atoms with Gasteiger partial charge >= 0.3 is 0 Å². The fourth-order valence-corrected chi connectivity index (χ4v) is 4.96. The van der Waals surface area contributed by atoms with Crippen LogP contribution in [-0.4, -0.2) is 42.8 Å². The van der Waals surface area contributed by atoms with Crippen molar-refractivity contribution in [2.75, 3.05) is 23.7 Å². The highest BCUT2D eigenvalue weighted by Gasteiger charge is 2.29. The molecule has 1 aliphatic rings. The van der Waals surface area contributed by atoms with Crippen molar-refractivity contribution in [1.29, 1.82) is 0 Å². The van der Waals surface area contributed by atoms with E-state index >= 15 is 4.39 Å². The first-order valence-electron chi connectivity index (χ1n) is 11.1. The smallest absolute Gasteiger partial charge is 0.264 e.